The van der Waals surface area contributed by atoms with Crippen LogP contribution in [-0.2, 0) is 17.6 Å². The van der Waals surface area contributed by atoms with Gasteiger partial charge < -0.3 is 15.2 Å². The van der Waals surface area contributed by atoms with E-state index >= 15 is 0 Å². The van der Waals surface area contributed by atoms with Crippen molar-refractivity contribution in [2.24, 2.45) is 0 Å². The number of ether oxygens (including phenoxy) is 1. The molecule has 0 radical (unpaired) electrons. The number of aromatic nitrogens is 2. The Morgan fingerprint density at radius 3 is 2.81 bits per heavy atom. The predicted molar refractivity (Wildman–Crippen MR) is 124 cm³/mol. The second kappa shape index (κ2) is 9.74. The SMILES string of the molecule is CCOc1cc(-c2cc(NCCc3ccc4sccc4c3F)ncn2)ccc1CC(=O)O. The number of benzene rings is 2. The monoisotopic (exact) mass is 451 g/mol. The van der Waals surface area contributed by atoms with Crippen molar-refractivity contribution in [2.45, 2.75) is 19.8 Å². The molecule has 2 heterocycles. The topological polar surface area (TPSA) is 84.3 Å². The van der Waals surface area contributed by atoms with Gasteiger partial charge in [-0.1, -0.05) is 18.2 Å². The molecule has 0 unspecified atom stereocenters. The summed E-state index contributed by atoms with van der Waals surface area (Å²) < 4.78 is 21.2. The highest BCUT2D eigenvalue weighted by Gasteiger charge is 2.12. The first-order chi connectivity index (χ1) is 15.5. The van der Waals surface area contributed by atoms with Crippen LogP contribution in [0.3, 0.4) is 0 Å². The van der Waals surface area contributed by atoms with E-state index in [9.17, 15) is 9.18 Å². The van der Waals surface area contributed by atoms with Gasteiger partial charge in [-0.3, -0.25) is 4.79 Å². The van der Waals surface area contributed by atoms with Crippen molar-refractivity contribution in [3.63, 3.8) is 0 Å². The Morgan fingerprint density at radius 1 is 1.16 bits per heavy atom. The van der Waals surface area contributed by atoms with Crippen molar-refractivity contribution in [1.29, 1.82) is 0 Å². The molecule has 32 heavy (non-hydrogen) atoms. The highest BCUT2D eigenvalue weighted by atomic mass is 32.1. The van der Waals surface area contributed by atoms with Crippen LogP contribution in [0.1, 0.15) is 18.1 Å². The molecule has 2 aromatic heterocycles. The fourth-order valence-corrected chi connectivity index (χ4v) is 4.28. The molecule has 0 spiro atoms. The van der Waals surface area contributed by atoms with Gasteiger partial charge >= 0.3 is 5.97 Å². The summed E-state index contributed by atoms with van der Waals surface area (Å²) >= 11 is 1.53. The number of nitrogens with one attached hydrogen (secondary N) is 1. The second-order valence-corrected chi connectivity index (χ2v) is 8.11. The fraction of sp³-hybridized carbons (Fsp3) is 0.208. The summed E-state index contributed by atoms with van der Waals surface area (Å²) in [6, 6.07) is 12.7. The molecule has 0 aliphatic carbocycles. The molecule has 0 atom stereocenters. The Labute approximate surface area is 188 Å². The molecular weight excluding hydrogens is 429 g/mol. The molecule has 0 saturated carbocycles. The van der Waals surface area contributed by atoms with Gasteiger partial charge in [0.2, 0.25) is 0 Å². The maximum Gasteiger partial charge on any atom is 0.307 e. The van der Waals surface area contributed by atoms with Crippen molar-refractivity contribution >= 4 is 33.2 Å². The minimum Gasteiger partial charge on any atom is -0.494 e. The molecule has 164 valence electrons. The minimum absolute atomic E-state index is 0.111. The Balaban J connectivity index is 1.47. The van der Waals surface area contributed by atoms with Gasteiger partial charge in [-0.2, -0.15) is 0 Å². The zero-order valence-corrected chi connectivity index (χ0v) is 18.3. The Bertz CT molecular complexity index is 1260. The molecule has 0 saturated heterocycles. The molecule has 2 aromatic carbocycles. The number of halogens is 1. The highest BCUT2D eigenvalue weighted by molar-refractivity contribution is 7.17. The summed E-state index contributed by atoms with van der Waals surface area (Å²) in [6.07, 6.45) is 1.87. The number of aliphatic carboxylic acids is 1. The maximum atomic E-state index is 14.6. The highest BCUT2D eigenvalue weighted by Crippen LogP contribution is 2.28. The van der Waals surface area contributed by atoms with Crippen molar-refractivity contribution in [3.05, 3.63) is 71.1 Å². The Morgan fingerprint density at radius 2 is 2.00 bits per heavy atom. The van der Waals surface area contributed by atoms with Crippen LogP contribution in [0, 0.1) is 5.82 Å². The largest absolute Gasteiger partial charge is 0.494 e. The molecule has 0 amide bonds. The quantitative estimate of drug-likeness (QED) is 0.365. The van der Waals surface area contributed by atoms with Gasteiger partial charge in [0, 0.05) is 33.8 Å². The number of rotatable bonds is 9. The fourth-order valence-electron chi connectivity index (χ4n) is 3.50. The van der Waals surface area contributed by atoms with Crippen LogP contribution >= 0.6 is 11.3 Å². The number of hydrogen-bond donors (Lipinski definition) is 2. The van der Waals surface area contributed by atoms with E-state index in [4.69, 9.17) is 9.84 Å². The van der Waals surface area contributed by atoms with Crippen molar-refractivity contribution in [3.8, 4) is 17.0 Å². The lowest BCUT2D eigenvalue weighted by Crippen LogP contribution is -2.08. The number of hydrogen-bond acceptors (Lipinski definition) is 6. The van der Waals surface area contributed by atoms with Crippen LogP contribution in [0.2, 0.25) is 0 Å². The number of carboxylic acids is 1. The van der Waals surface area contributed by atoms with E-state index in [1.54, 1.807) is 24.3 Å². The number of nitrogens with zero attached hydrogens (tertiary/aromatic N) is 2. The number of carboxylic acid groups (broad SMARTS) is 1. The predicted octanol–water partition coefficient (Wildman–Crippen LogP) is 5.18. The lowest BCUT2D eigenvalue weighted by Gasteiger charge is -2.12. The summed E-state index contributed by atoms with van der Waals surface area (Å²) in [5.41, 5.74) is 2.74. The van der Waals surface area contributed by atoms with E-state index in [0.717, 1.165) is 10.3 Å². The molecule has 0 aliphatic rings. The number of fused-ring (bicyclic) bond motifs is 1. The van der Waals surface area contributed by atoms with Gasteiger partial charge in [0.1, 0.15) is 23.7 Å². The van der Waals surface area contributed by atoms with Gasteiger partial charge in [0.15, 0.2) is 0 Å². The minimum atomic E-state index is -0.915. The lowest BCUT2D eigenvalue weighted by atomic mass is 10.1. The third-order valence-corrected chi connectivity index (χ3v) is 5.90. The smallest absolute Gasteiger partial charge is 0.307 e. The maximum absolute atomic E-state index is 14.6. The average molecular weight is 452 g/mol. The first-order valence-electron chi connectivity index (χ1n) is 10.2. The van der Waals surface area contributed by atoms with Gasteiger partial charge in [-0.25, -0.2) is 14.4 Å². The van der Waals surface area contributed by atoms with E-state index in [1.807, 2.05) is 30.5 Å². The lowest BCUT2D eigenvalue weighted by molar-refractivity contribution is -0.136. The van der Waals surface area contributed by atoms with E-state index < -0.39 is 5.97 Å². The first-order valence-corrected chi connectivity index (χ1v) is 11.1. The van der Waals surface area contributed by atoms with Gasteiger partial charge in [0.25, 0.3) is 0 Å². The van der Waals surface area contributed by atoms with Crippen molar-refractivity contribution < 1.29 is 19.0 Å². The number of thiophene rings is 1. The second-order valence-electron chi connectivity index (χ2n) is 7.16. The summed E-state index contributed by atoms with van der Waals surface area (Å²) in [5, 5.41) is 14.9. The molecule has 2 N–H and O–H groups in total. The van der Waals surface area contributed by atoms with Gasteiger partial charge in [-0.15, -0.1) is 11.3 Å². The van der Waals surface area contributed by atoms with Crippen LogP contribution in [0.15, 0.2) is 54.2 Å². The molecule has 8 heteroatoms. The Kier molecular flexibility index (Phi) is 6.61. The van der Waals surface area contributed by atoms with Crippen molar-refractivity contribution in [2.75, 3.05) is 18.5 Å². The van der Waals surface area contributed by atoms with E-state index in [0.29, 0.717) is 53.3 Å². The normalized spacial score (nSPS) is 10.9. The third-order valence-electron chi connectivity index (χ3n) is 5.02. The van der Waals surface area contributed by atoms with Crippen LogP contribution < -0.4 is 10.1 Å². The average Bonchev–Trinajstić information content (AvgIpc) is 3.26. The number of carbonyl (C=O) groups is 1. The van der Waals surface area contributed by atoms with Crippen molar-refractivity contribution in [1.82, 2.24) is 9.97 Å². The zero-order valence-electron chi connectivity index (χ0n) is 17.5. The molecule has 0 bridgehead atoms. The van der Waals surface area contributed by atoms with Crippen LogP contribution in [0.4, 0.5) is 10.2 Å². The summed E-state index contributed by atoms with van der Waals surface area (Å²) in [7, 11) is 0. The van der Waals surface area contributed by atoms with Gasteiger partial charge in [0.05, 0.1) is 18.7 Å². The standard InChI is InChI=1S/C24H22FN3O3S/c1-2-31-20-11-16(3-4-17(20)12-23(29)30)19-13-22(28-14-27-19)26-9-7-15-5-6-21-18(24(15)25)8-10-32-21/h3-6,8,10-11,13-14H,2,7,9,12H2,1H3,(H,29,30)(H,26,27,28). The summed E-state index contributed by atoms with van der Waals surface area (Å²) in [4.78, 5) is 19.7. The molecule has 6 nitrogen and oxygen atoms in total. The number of anilines is 1. The first kappa shape index (κ1) is 21.7. The summed E-state index contributed by atoms with van der Waals surface area (Å²) in [5.74, 6) is 0.0695. The molecule has 0 aliphatic heterocycles. The summed E-state index contributed by atoms with van der Waals surface area (Å²) in [6.45, 7) is 2.80. The van der Waals surface area contributed by atoms with Gasteiger partial charge in [-0.05, 0) is 42.5 Å². The zero-order chi connectivity index (χ0) is 22.5. The molecule has 4 aromatic rings. The Hall–Kier alpha value is -3.52. The van der Waals surface area contributed by atoms with E-state index in [-0.39, 0.29) is 12.2 Å². The molecule has 4 rings (SSSR count). The van der Waals surface area contributed by atoms with E-state index in [1.165, 1.54) is 17.7 Å². The third kappa shape index (κ3) is 4.86. The van der Waals surface area contributed by atoms with E-state index in [2.05, 4.69) is 15.3 Å². The molecule has 0 fully saturated rings. The van der Waals surface area contributed by atoms with Crippen LogP contribution in [-0.4, -0.2) is 34.2 Å². The van der Waals surface area contributed by atoms with Crippen LogP contribution in [0.25, 0.3) is 21.3 Å². The molecular formula is C24H22FN3O3S. The van der Waals surface area contributed by atoms with Crippen LogP contribution in [0.5, 0.6) is 5.75 Å².